The van der Waals surface area contributed by atoms with E-state index in [4.69, 9.17) is 36.9 Å². The molecule has 0 spiro atoms. The van der Waals surface area contributed by atoms with Crippen molar-refractivity contribution in [1.82, 2.24) is 9.55 Å². The minimum atomic E-state index is -3.90. The highest BCUT2D eigenvalue weighted by Gasteiger charge is 2.42. The first-order valence-electron chi connectivity index (χ1n) is 10.4. The van der Waals surface area contributed by atoms with Crippen LogP contribution in [0.15, 0.2) is 66.1 Å². The summed E-state index contributed by atoms with van der Waals surface area (Å²) in [7, 11) is -3.90. The van der Waals surface area contributed by atoms with E-state index in [0.29, 0.717) is 29.4 Å². The van der Waals surface area contributed by atoms with E-state index < -0.39 is 22.0 Å². The van der Waals surface area contributed by atoms with E-state index in [2.05, 4.69) is 4.98 Å². The number of aromatic nitrogens is 2. The lowest BCUT2D eigenvalue weighted by molar-refractivity contribution is -0.184. The first-order valence-corrected chi connectivity index (χ1v) is 12.6. The minimum Gasteiger partial charge on any atom is -0.345 e. The van der Waals surface area contributed by atoms with E-state index in [1.807, 2.05) is 23.8 Å². The van der Waals surface area contributed by atoms with E-state index in [-0.39, 0.29) is 18.1 Å². The number of imidazole rings is 1. The van der Waals surface area contributed by atoms with E-state index >= 15 is 0 Å². The van der Waals surface area contributed by atoms with Gasteiger partial charge in [-0.15, -0.1) is 0 Å². The molecule has 3 aromatic rings. The topological polar surface area (TPSA) is 79.7 Å². The van der Waals surface area contributed by atoms with Crippen molar-refractivity contribution in [3.63, 3.8) is 0 Å². The fraction of sp³-hybridized carbons (Fsp3) is 0.348. The Morgan fingerprint density at radius 1 is 1.21 bits per heavy atom. The molecule has 1 aromatic heterocycles. The highest BCUT2D eigenvalue weighted by Crippen LogP contribution is 2.33. The van der Waals surface area contributed by atoms with Crippen LogP contribution in [0.4, 0.5) is 0 Å². The summed E-state index contributed by atoms with van der Waals surface area (Å²) in [6, 6.07) is 11.9. The van der Waals surface area contributed by atoms with Gasteiger partial charge in [0, 0.05) is 28.9 Å². The summed E-state index contributed by atoms with van der Waals surface area (Å²) < 4.78 is 44.5. The van der Waals surface area contributed by atoms with Gasteiger partial charge in [-0.3, -0.25) is 4.18 Å². The molecular weight excluding hydrogens is 487 g/mol. The standard InChI is InChI=1S/C23H24Cl2N2O5S/c1-17-2-6-21(7-3-17)33(28,29)31-14-20-13-30-23(32-20,15-27-11-10-26-16-27)9-8-18-4-5-19(24)12-22(18)25/h2-7,10-12,16,20H,8-9,13-15H2,1H3/t20-,23-/m1/s1. The predicted octanol–water partition coefficient (Wildman–Crippen LogP) is 4.65. The fourth-order valence-electron chi connectivity index (χ4n) is 3.64. The molecule has 0 saturated carbocycles. The second-order valence-electron chi connectivity index (χ2n) is 7.98. The minimum absolute atomic E-state index is 0.106. The highest BCUT2D eigenvalue weighted by atomic mass is 35.5. The number of benzene rings is 2. The molecule has 2 aromatic carbocycles. The van der Waals surface area contributed by atoms with E-state index in [1.54, 1.807) is 36.8 Å². The van der Waals surface area contributed by atoms with Gasteiger partial charge in [-0.25, -0.2) is 4.98 Å². The molecule has 33 heavy (non-hydrogen) atoms. The highest BCUT2D eigenvalue weighted by molar-refractivity contribution is 7.86. The summed E-state index contributed by atoms with van der Waals surface area (Å²) in [5.74, 6) is -0.981. The van der Waals surface area contributed by atoms with E-state index in [9.17, 15) is 8.42 Å². The second-order valence-corrected chi connectivity index (χ2v) is 10.4. The molecule has 0 N–H and O–H groups in total. The van der Waals surface area contributed by atoms with Crippen LogP contribution in [-0.2, 0) is 36.7 Å². The van der Waals surface area contributed by atoms with E-state index in [0.717, 1.165) is 11.1 Å². The van der Waals surface area contributed by atoms with Crippen molar-refractivity contribution < 1.29 is 22.1 Å². The van der Waals surface area contributed by atoms with Gasteiger partial charge >= 0.3 is 0 Å². The van der Waals surface area contributed by atoms with Gasteiger partial charge in [-0.2, -0.15) is 8.42 Å². The van der Waals surface area contributed by atoms with Gasteiger partial charge < -0.3 is 14.0 Å². The van der Waals surface area contributed by atoms with Gasteiger partial charge in [0.15, 0.2) is 5.79 Å². The number of hydrogen-bond acceptors (Lipinski definition) is 6. The maximum Gasteiger partial charge on any atom is 0.297 e. The van der Waals surface area contributed by atoms with Crippen molar-refractivity contribution in [3.8, 4) is 0 Å². The van der Waals surface area contributed by atoms with Gasteiger partial charge in [0.2, 0.25) is 0 Å². The first kappa shape index (κ1) is 24.2. The zero-order chi connectivity index (χ0) is 23.5. The molecule has 7 nitrogen and oxygen atoms in total. The van der Waals surface area contributed by atoms with Gasteiger partial charge in [0.1, 0.15) is 6.10 Å². The maximum atomic E-state index is 12.5. The van der Waals surface area contributed by atoms with Crippen molar-refractivity contribution in [1.29, 1.82) is 0 Å². The third-order valence-corrected chi connectivity index (χ3v) is 7.29. The Morgan fingerprint density at radius 2 is 2.00 bits per heavy atom. The molecule has 1 aliphatic heterocycles. The zero-order valence-electron chi connectivity index (χ0n) is 18.0. The predicted molar refractivity (Wildman–Crippen MR) is 125 cm³/mol. The molecule has 0 amide bonds. The van der Waals surface area contributed by atoms with Crippen LogP contribution in [0.1, 0.15) is 17.5 Å². The molecule has 176 valence electrons. The first-order chi connectivity index (χ1) is 15.7. The van der Waals surface area contributed by atoms with Crippen LogP contribution < -0.4 is 0 Å². The van der Waals surface area contributed by atoms with Crippen LogP contribution >= 0.6 is 23.2 Å². The monoisotopic (exact) mass is 510 g/mol. The summed E-state index contributed by atoms with van der Waals surface area (Å²) in [5.41, 5.74) is 1.88. The summed E-state index contributed by atoms with van der Waals surface area (Å²) in [4.78, 5) is 4.18. The van der Waals surface area contributed by atoms with Crippen molar-refractivity contribution in [2.45, 2.75) is 43.1 Å². The molecule has 1 aliphatic rings. The van der Waals surface area contributed by atoms with Crippen molar-refractivity contribution in [2.24, 2.45) is 0 Å². The molecule has 1 fully saturated rings. The van der Waals surface area contributed by atoms with Crippen LogP contribution in [0.25, 0.3) is 0 Å². The molecule has 0 bridgehead atoms. The largest absolute Gasteiger partial charge is 0.345 e. The Hall–Kier alpha value is -1.94. The lowest BCUT2D eigenvalue weighted by atomic mass is 10.0. The molecule has 0 aliphatic carbocycles. The second kappa shape index (κ2) is 10.1. The number of ether oxygens (including phenoxy) is 2. The Bertz CT molecular complexity index is 1190. The van der Waals surface area contributed by atoms with Gasteiger partial charge in [0.25, 0.3) is 10.1 Å². The number of aryl methyl sites for hydroxylation is 2. The van der Waals surface area contributed by atoms with Crippen LogP contribution in [0, 0.1) is 6.92 Å². The Morgan fingerprint density at radius 3 is 2.70 bits per heavy atom. The van der Waals surface area contributed by atoms with E-state index in [1.165, 1.54) is 12.1 Å². The van der Waals surface area contributed by atoms with Crippen LogP contribution in [-0.4, -0.2) is 43.1 Å². The van der Waals surface area contributed by atoms with Crippen LogP contribution in [0.2, 0.25) is 10.0 Å². The zero-order valence-corrected chi connectivity index (χ0v) is 20.3. The summed E-state index contributed by atoms with van der Waals surface area (Å²) >= 11 is 12.3. The molecule has 0 unspecified atom stereocenters. The average Bonchev–Trinajstić information content (AvgIpc) is 3.43. The summed E-state index contributed by atoms with van der Waals surface area (Å²) in [6.45, 7) is 2.33. The Balaban J connectivity index is 1.44. The lowest BCUT2D eigenvalue weighted by Crippen LogP contribution is -2.37. The molecular formula is C23H24Cl2N2O5S. The third-order valence-electron chi connectivity index (χ3n) is 5.41. The normalized spacial score (nSPS) is 20.9. The lowest BCUT2D eigenvalue weighted by Gasteiger charge is -2.29. The number of nitrogens with zero attached hydrogens (tertiary/aromatic N) is 2. The summed E-state index contributed by atoms with van der Waals surface area (Å²) in [6.07, 6.45) is 5.70. The van der Waals surface area contributed by atoms with Crippen LogP contribution in [0.3, 0.4) is 0 Å². The maximum absolute atomic E-state index is 12.5. The smallest absolute Gasteiger partial charge is 0.297 e. The molecule has 10 heteroatoms. The van der Waals surface area contributed by atoms with Crippen molar-refractivity contribution in [2.75, 3.05) is 13.2 Å². The molecule has 4 rings (SSSR count). The van der Waals surface area contributed by atoms with Crippen LogP contribution in [0.5, 0.6) is 0 Å². The quantitative estimate of drug-likeness (QED) is 0.390. The Kier molecular flexibility index (Phi) is 7.43. The number of halogens is 2. The van der Waals surface area contributed by atoms with Gasteiger partial charge in [0.05, 0.1) is 31.0 Å². The van der Waals surface area contributed by atoms with Crippen molar-refractivity contribution in [3.05, 3.63) is 82.4 Å². The Labute approximate surface area is 203 Å². The summed E-state index contributed by atoms with van der Waals surface area (Å²) in [5, 5.41) is 1.14. The number of hydrogen-bond donors (Lipinski definition) is 0. The van der Waals surface area contributed by atoms with Gasteiger partial charge in [-0.05, 0) is 43.2 Å². The molecule has 1 saturated heterocycles. The molecule has 0 radical (unpaired) electrons. The average molecular weight is 511 g/mol. The SMILES string of the molecule is Cc1ccc(S(=O)(=O)OC[C@H]2CO[C@@](CCc3ccc(Cl)cc3Cl)(Cn3ccnc3)O2)cc1. The molecule has 2 atom stereocenters. The van der Waals surface area contributed by atoms with Gasteiger partial charge in [-0.1, -0.05) is 47.0 Å². The third kappa shape index (κ3) is 6.15. The van der Waals surface area contributed by atoms with Crippen molar-refractivity contribution >= 4 is 33.3 Å². The number of rotatable bonds is 9. The fourth-order valence-corrected chi connectivity index (χ4v) is 5.08. The molecule has 2 heterocycles.